The molecule has 0 spiro atoms. The van der Waals surface area contributed by atoms with Gasteiger partial charge in [0.1, 0.15) is 6.10 Å². The lowest BCUT2D eigenvalue weighted by Crippen LogP contribution is -2.50. The Balaban J connectivity index is 1.68. The number of nitrogens with one attached hydrogen (secondary N) is 2. The summed E-state index contributed by atoms with van der Waals surface area (Å²) >= 11 is 5.89. The molecule has 1 heterocycles. The van der Waals surface area contributed by atoms with Gasteiger partial charge in [0.25, 0.3) is 5.91 Å². The molecule has 1 aromatic rings. The third-order valence-corrected chi connectivity index (χ3v) is 3.98. The zero-order valence-corrected chi connectivity index (χ0v) is 11.4. The average Bonchev–Trinajstić information content (AvgIpc) is 3.21. The van der Waals surface area contributed by atoms with Crippen molar-refractivity contribution in [2.75, 3.05) is 19.7 Å². The first-order chi connectivity index (χ1) is 9.20. The summed E-state index contributed by atoms with van der Waals surface area (Å²) in [5.74, 6) is -0.0281. The molecular formula is C14H17ClN2O2. The van der Waals surface area contributed by atoms with Crippen LogP contribution in [-0.4, -0.2) is 31.7 Å². The number of carbonyl (C=O) groups excluding carboxylic acids is 1. The summed E-state index contributed by atoms with van der Waals surface area (Å²) in [5.41, 5.74) is 0.914. The van der Waals surface area contributed by atoms with E-state index in [-0.39, 0.29) is 17.6 Å². The predicted molar refractivity (Wildman–Crippen MR) is 73.1 cm³/mol. The van der Waals surface area contributed by atoms with Gasteiger partial charge in [-0.1, -0.05) is 23.7 Å². The third kappa shape index (κ3) is 2.76. The van der Waals surface area contributed by atoms with Crippen molar-refractivity contribution < 1.29 is 9.53 Å². The molecule has 0 aromatic heterocycles. The number of ether oxygens (including phenoxy) is 1. The number of rotatable bonds is 3. The van der Waals surface area contributed by atoms with Crippen LogP contribution >= 0.6 is 11.6 Å². The number of carbonyl (C=O) groups is 1. The maximum atomic E-state index is 12.2. The van der Waals surface area contributed by atoms with Crippen LogP contribution in [0.1, 0.15) is 18.4 Å². The first kappa shape index (κ1) is 12.9. The van der Waals surface area contributed by atoms with E-state index < -0.39 is 0 Å². The summed E-state index contributed by atoms with van der Waals surface area (Å²) in [6, 6.07) is 7.69. The summed E-state index contributed by atoms with van der Waals surface area (Å²) in [6.45, 7) is 1.99. The van der Waals surface area contributed by atoms with E-state index in [2.05, 4.69) is 10.6 Å². The van der Waals surface area contributed by atoms with E-state index in [1.807, 2.05) is 24.3 Å². The molecule has 1 atom stereocenters. The fraction of sp³-hybridized carbons (Fsp3) is 0.500. The Hall–Kier alpha value is -1.10. The van der Waals surface area contributed by atoms with Crippen LogP contribution < -0.4 is 10.6 Å². The summed E-state index contributed by atoms with van der Waals surface area (Å²) < 4.78 is 5.47. The van der Waals surface area contributed by atoms with Crippen molar-refractivity contribution in [3.05, 3.63) is 34.9 Å². The van der Waals surface area contributed by atoms with E-state index >= 15 is 0 Å². The molecule has 19 heavy (non-hydrogen) atoms. The lowest BCUT2D eigenvalue weighted by Gasteiger charge is -2.26. The standard InChI is InChI=1S/C14H17ClN2O2/c15-11-3-1-10(2-4-11)14(5-6-14)17-13(18)12-9-16-7-8-19-12/h1-4,12,16H,5-9H2,(H,17,18). The quantitative estimate of drug-likeness (QED) is 0.881. The molecule has 2 aliphatic rings. The summed E-state index contributed by atoms with van der Waals surface area (Å²) in [5, 5.41) is 7.01. The lowest BCUT2D eigenvalue weighted by atomic mass is 10.0. The summed E-state index contributed by atoms with van der Waals surface area (Å²) in [7, 11) is 0. The monoisotopic (exact) mass is 280 g/mol. The molecule has 5 heteroatoms. The maximum absolute atomic E-state index is 12.2. The normalized spacial score (nSPS) is 24.8. The van der Waals surface area contributed by atoms with Crippen LogP contribution in [0.4, 0.5) is 0 Å². The average molecular weight is 281 g/mol. The zero-order valence-electron chi connectivity index (χ0n) is 10.6. The van der Waals surface area contributed by atoms with Crippen molar-refractivity contribution in [3.8, 4) is 0 Å². The molecule has 1 amide bonds. The minimum absolute atomic E-state index is 0.0281. The molecule has 1 aromatic carbocycles. The van der Waals surface area contributed by atoms with E-state index in [0.29, 0.717) is 18.2 Å². The van der Waals surface area contributed by atoms with Crippen molar-refractivity contribution in [2.24, 2.45) is 0 Å². The molecular weight excluding hydrogens is 264 g/mol. The Labute approximate surface area is 117 Å². The van der Waals surface area contributed by atoms with Gasteiger partial charge in [-0.15, -0.1) is 0 Å². The summed E-state index contributed by atoms with van der Waals surface area (Å²) in [4.78, 5) is 12.2. The highest BCUT2D eigenvalue weighted by Crippen LogP contribution is 2.45. The Morgan fingerprint density at radius 3 is 2.68 bits per heavy atom. The molecule has 1 saturated heterocycles. The Morgan fingerprint density at radius 1 is 1.37 bits per heavy atom. The van der Waals surface area contributed by atoms with Crippen molar-refractivity contribution in [1.29, 1.82) is 0 Å². The highest BCUT2D eigenvalue weighted by atomic mass is 35.5. The van der Waals surface area contributed by atoms with Crippen LogP contribution in [0.3, 0.4) is 0 Å². The predicted octanol–water partition coefficient (Wildman–Crippen LogP) is 1.43. The smallest absolute Gasteiger partial charge is 0.251 e. The van der Waals surface area contributed by atoms with Gasteiger partial charge in [-0.3, -0.25) is 4.79 Å². The van der Waals surface area contributed by atoms with Crippen molar-refractivity contribution >= 4 is 17.5 Å². The van der Waals surface area contributed by atoms with E-state index in [9.17, 15) is 4.79 Å². The Morgan fingerprint density at radius 2 is 2.11 bits per heavy atom. The minimum atomic E-state index is -0.376. The molecule has 0 radical (unpaired) electrons. The van der Waals surface area contributed by atoms with E-state index in [0.717, 1.165) is 24.9 Å². The molecule has 4 nitrogen and oxygen atoms in total. The van der Waals surface area contributed by atoms with Crippen LogP contribution in [0, 0.1) is 0 Å². The van der Waals surface area contributed by atoms with Gasteiger partial charge >= 0.3 is 0 Å². The highest BCUT2D eigenvalue weighted by Gasteiger charge is 2.46. The van der Waals surface area contributed by atoms with Gasteiger partial charge < -0.3 is 15.4 Å². The third-order valence-electron chi connectivity index (χ3n) is 3.73. The molecule has 1 saturated carbocycles. The maximum Gasteiger partial charge on any atom is 0.251 e. The first-order valence-corrected chi connectivity index (χ1v) is 6.98. The molecule has 1 aliphatic carbocycles. The van der Waals surface area contributed by atoms with Gasteiger partial charge in [0.15, 0.2) is 0 Å². The fourth-order valence-corrected chi connectivity index (χ4v) is 2.56. The minimum Gasteiger partial charge on any atom is -0.366 e. The number of hydrogen-bond donors (Lipinski definition) is 2. The number of morpholine rings is 1. The van der Waals surface area contributed by atoms with Crippen molar-refractivity contribution in [3.63, 3.8) is 0 Å². The van der Waals surface area contributed by atoms with Gasteiger partial charge in [-0.25, -0.2) is 0 Å². The van der Waals surface area contributed by atoms with E-state index in [1.54, 1.807) is 0 Å². The van der Waals surface area contributed by atoms with Gasteiger partial charge in [-0.05, 0) is 30.5 Å². The van der Waals surface area contributed by atoms with Crippen LogP contribution in [0.2, 0.25) is 5.02 Å². The largest absolute Gasteiger partial charge is 0.366 e. The van der Waals surface area contributed by atoms with Gasteiger partial charge in [-0.2, -0.15) is 0 Å². The van der Waals surface area contributed by atoms with Crippen LogP contribution in [-0.2, 0) is 15.1 Å². The molecule has 2 N–H and O–H groups in total. The molecule has 1 aliphatic heterocycles. The fourth-order valence-electron chi connectivity index (χ4n) is 2.43. The van der Waals surface area contributed by atoms with Gasteiger partial charge in [0.2, 0.25) is 0 Å². The second kappa shape index (κ2) is 5.12. The number of amides is 1. The highest BCUT2D eigenvalue weighted by molar-refractivity contribution is 6.30. The van der Waals surface area contributed by atoms with Gasteiger partial charge in [0.05, 0.1) is 12.1 Å². The Bertz CT molecular complexity index is 465. The zero-order chi connectivity index (χ0) is 13.3. The van der Waals surface area contributed by atoms with Crippen molar-refractivity contribution in [2.45, 2.75) is 24.5 Å². The second-order valence-electron chi connectivity index (χ2n) is 5.14. The molecule has 0 bridgehead atoms. The SMILES string of the molecule is O=C(NC1(c2ccc(Cl)cc2)CC1)C1CNCCO1. The topological polar surface area (TPSA) is 50.4 Å². The first-order valence-electron chi connectivity index (χ1n) is 6.60. The summed E-state index contributed by atoms with van der Waals surface area (Å²) in [6.07, 6.45) is 1.57. The molecule has 3 rings (SSSR count). The number of benzene rings is 1. The van der Waals surface area contributed by atoms with Crippen LogP contribution in [0.25, 0.3) is 0 Å². The van der Waals surface area contributed by atoms with Crippen LogP contribution in [0.15, 0.2) is 24.3 Å². The molecule has 102 valence electrons. The van der Waals surface area contributed by atoms with E-state index in [1.165, 1.54) is 0 Å². The van der Waals surface area contributed by atoms with Crippen molar-refractivity contribution in [1.82, 2.24) is 10.6 Å². The van der Waals surface area contributed by atoms with Gasteiger partial charge in [0, 0.05) is 18.1 Å². The van der Waals surface area contributed by atoms with Crippen LogP contribution in [0.5, 0.6) is 0 Å². The van der Waals surface area contributed by atoms with E-state index in [4.69, 9.17) is 16.3 Å². The number of halogens is 1. The second-order valence-corrected chi connectivity index (χ2v) is 5.58. The molecule has 1 unspecified atom stereocenters. The Kier molecular flexibility index (Phi) is 3.48. The lowest BCUT2D eigenvalue weighted by molar-refractivity contribution is -0.135. The number of hydrogen-bond acceptors (Lipinski definition) is 3. The molecule has 2 fully saturated rings.